The van der Waals surface area contributed by atoms with Crippen LogP contribution in [0.1, 0.15) is 19.9 Å². The molecule has 0 bridgehead atoms. The minimum absolute atomic E-state index is 0.166. The van der Waals surface area contributed by atoms with Crippen molar-refractivity contribution >= 4 is 11.7 Å². The van der Waals surface area contributed by atoms with Gasteiger partial charge in [0.05, 0.1) is 11.5 Å². The summed E-state index contributed by atoms with van der Waals surface area (Å²) in [5.41, 5.74) is -0.338. The Hall–Kier alpha value is -2.12. The molecule has 0 saturated carbocycles. The molecule has 0 amide bonds. The average Bonchev–Trinajstić information content (AvgIpc) is 2.61. The van der Waals surface area contributed by atoms with E-state index in [4.69, 9.17) is 9.84 Å². The molecule has 0 spiro atoms. The van der Waals surface area contributed by atoms with Crippen molar-refractivity contribution in [1.29, 1.82) is 0 Å². The molecule has 0 radical (unpaired) electrons. The Balaban J connectivity index is 3.10. The maximum Gasteiger partial charge on any atom is 0.350 e. The number of carboxylic acids is 1. The molecular formula is C8H11N3O5. The number of ether oxygens (including phenoxy) is 1. The van der Waals surface area contributed by atoms with Gasteiger partial charge in [0.2, 0.25) is 0 Å². The number of aromatic nitrogens is 2. The fraction of sp³-hybridized carbons (Fsp3) is 0.500. The number of hydrogen-bond acceptors (Lipinski definition) is 5. The highest BCUT2D eigenvalue weighted by molar-refractivity contribution is 5.71. The number of nitro groups is 1. The van der Waals surface area contributed by atoms with Gasteiger partial charge in [-0.1, -0.05) is 0 Å². The van der Waals surface area contributed by atoms with Crippen molar-refractivity contribution in [3.05, 3.63) is 16.3 Å². The first-order chi connectivity index (χ1) is 7.47. The summed E-state index contributed by atoms with van der Waals surface area (Å²) in [6.45, 7) is 3.25. The largest absolute Gasteiger partial charge is 0.480 e. The quantitative estimate of drug-likeness (QED) is 0.592. The molecule has 0 aromatic carbocycles. The molecule has 8 heteroatoms. The van der Waals surface area contributed by atoms with Crippen LogP contribution in [0.25, 0.3) is 0 Å². The van der Waals surface area contributed by atoms with Crippen LogP contribution >= 0.6 is 0 Å². The van der Waals surface area contributed by atoms with Crippen LogP contribution in [0.2, 0.25) is 0 Å². The van der Waals surface area contributed by atoms with Gasteiger partial charge in [-0.3, -0.25) is 10.1 Å². The molecule has 16 heavy (non-hydrogen) atoms. The second-order valence-corrected chi connectivity index (χ2v) is 3.00. The molecule has 0 fully saturated rings. The van der Waals surface area contributed by atoms with E-state index in [1.54, 1.807) is 6.92 Å². The third kappa shape index (κ3) is 2.27. The van der Waals surface area contributed by atoms with Crippen LogP contribution in [0.4, 0.5) is 5.69 Å². The molecule has 8 nitrogen and oxygen atoms in total. The summed E-state index contributed by atoms with van der Waals surface area (Å²) in [7, 11) is 0. The summed E-state index contributed by atoms with van der Waals surface area (Å²) in [6.07, 6.45) is 1.05. The summed E-state index contributed by atoms with van der Waals surface area (Å²) >= 11 is 0. The number of carbonyl (C=O) groups is 1. The maximum atomic E-state index is 10.7. The number of hydrogen-bond donors (Lipinski definition) is 1. The highest BCUT2D eigenvalue weighted by Gasteiger charge is 2.25. The number of nitrogens with zero attached hydrogens (tertiary/aromatic N) is 3. The predicted molar refractivity (Wildman–Crippen MR) is 52.4 cm³/mol. The monoisotopic (exact) mass is 229 g/mol. The lowest BCUT2D eigenvalue weighted by molar-refractivity contribution is -0.386. The van der Waals surface area contributed by atoms with Crippen LogP contribution in [0.3, 0.4) is 0 Å². The molecule has 0 aliphatic carbocycles. The third-order valence-electron chi connectivity index (χ3n) is 1.91. The Morgan fingerprint density at radius 3 is 2.88 bits per heavy atom. The van der Waals surface area contributed by atoms with E-state index >= 15 is 0 Å². The Labute approximate surface area is 90.6 Å². The van der Waals surface area contributed by atoms with E-state index in [1.165, 1.54) is 6.92 Å². The standard InChI is InChI=1S/C8H11N3O5/c1-3-16-7-6(11(14)15)4-10(9-7)5(2)8(12)13/h4-5H,3H2,1-2H3,(H,12,13)/t5-/m1/s1. The second-order valence-electron chi connectivity index (χ2n) is 3.00. The normalized spacial score (nSPS) is 12.1. The number of rotatable bonds is 5. The van der Waals surface area contributed by atoms with Crippen LogP contribution in [0, 0.1) is 10.1 Å². The summed E-state index contributed by atoms with van der Waals surface area (Å²) < 4.78 is 5.93. The van der Waals surface area contributed by atoms with Crippen LogP contribution in [-0.2, 0) is 4.79 Å². The number of carboxylic acid groups (broad SMARTS) is 1. The van der Waals surface area contributed by atoms with E-state index in [9.17, 15) is 14.9 Å². The van der Waals surface area contributed by atoms with E-state index in [2.05, 4.69) is 5.10 Å². The molecule has 1 rings (SSSR count). The second kappa shape index (κ2) is 4.60. The zero-order valence-electron chi connectivity index (χ0n) is 8.78. The molecule has 1 aromatic heterocycles. The van der Waals surface area contributed by atoms with Gasteiger partial charge in [-0.15, -0.1) is 5.10 Å². The first-order valence-corrected chi connectivity index (χ1v) is 4.56. The van der Waals surface area contributed by atoms with Crippen molar-refractivity contribution in [2.24, 2.45) is 0 Å². The van der Waals surface area contributed by atoms with Gasteiger partial charge >= 0.3 is 17.5 Å². The SMILES string of the molecule is CCOc1nn([C@H](C)C(=O)O)cc1[N+](=O)[O-]. The van der Waals surface area contributed by atoms with Gasteiger partial charge in [-0.2, -0.15) is 0 Å². The molecular weight excluding hydrogens is 218 g/mol. The molecule has 1 heterocycles. The Morgan fingerprint density at radius 2 is 2.44 bits per heavy atom. The minimum atomic E-state index is -1.12. The zero-order valence-corrected chi connectivity index (χ0v) is 8.78. The van der Waals surface area contributed by atoms with Gasteiger partial charge in [0.15, 0.2) is 0 Å². The molecule has 0 unspecified atom stereocenters. The Morgan fingerprint density at radius 1 is 1.81 bits per heavy atom. The summed E-state index contributed by atoms with van der Waals surface area (Å²) in [6, 6.07) is -0.979. The van der Waals surface area contributed by atoms with Gasteiger partial charge in [0.1, 0.15) is 12.2 Å². The van der Waals surface area contributed by atoms with Crippen molar-refractivity contribution in [3.63, 3.8) is 0 Å². The van der Waals surface area contributed by atoms with Gasteiger partial charge in [-0.05, 0) is 13.8 Å². The molecule has 1 N–H and O–H groups in total. The van der Waals surface area contributed by atoms with Crippen molar-refractivity contribution in [3.8, 4) is 5.88 Å². The fourth-order valence-electron chi connectivity index (χ4n) is 1.04. The van der Waals surface area contributed by atoms with Crippen LogP contribution in [0.5, 0.6) is 5.88 Å². The molecule has 1 atom stereocenters. The fourth-order valence-corrected chi connectivity index (χ4v) is 1.04. The summed E-state index contributed by atoms with van der Waals surface area (Å²) in [5, 5.41) is 23.1. The highest BCUT2D eigenvalue weighted by Crippen LogP contribution is 2.26. The van der Waals surface area contributed by atoms with Crippen LogP contribution < -0.4 is 4.74 Å². The topological polar surface area (TPSA) is 107 Å². The van der Waals surface area contributed by atoms with E-state index < -0.39 is 16.9 Å². The highest BCUT2D eigenvalue weighted by atomic mass is 16.6. The first kappa shape index (κ1) is 12.0. The van der Waals surface area contributed by atoms with E-state index in [0.717, 1.165) is 10.9 Å². The zero-order chi connectivity index (χ0) is 12.3. The van der Waals surface area contributed by atoms with Crippen molar-refractivity contribution in [2.45, 2.75) is 19.9 Å². The lowest BCUT2D eigenvalue weighted by Gasteiger charge is -2.04. The van der Waals surface area contributed by atoms with Crippen LogP contribution in [-0.4, -0.2) is 32.4 Å². The van der Waals surface area contributed by atoms with Gasteiger partial charge < -0.3 is 9.84 Å². The first-order valence-electron chi connectivity index (χ1n) is 4.56. The third-order valence-corrected chi connectivity index (χ3v) is 1.91. The van der Waals surface area contributed by atoms with Gasteiger partial charge in [0, 0.05) is 0 Å². The summed E-state index contributed by atoms with van der Waals surface area (Å²) in [5.74, 6) is -1.29. The van der Waals surface area contributed by atoms with Gasteiger partial charge in [0.25, 0.3) is 0 Å². The van der Waals surface area contributed by atoms with E-state index in [1.807, 2.05) is 0 Å². The predicted octanol–water partition coefficient (Wildman–Crippen LogP) is 0.836. The van der Waals surface area contributed by atoms with Crippen molar-refractivity contribution in [1.82, 2.24) is 9.78 Å². The van der Waals surface area contributed by atoms with Crippen molar-refractivity contribution < 1.29 is 19.6 Å². The number of aliphatic carboxylic acids is 1. The smallest absolute Gasteiger partial charge is 0.350 e. The Kier molecular flexibility index (Phi) is 3.44. The lowest BCUT2D eigenvalue weighted by Crippen LogP contribution is -2.16. The van der Waals surface area contributed by atoms with Crippen molar-refractivity contribution in [2.75, 3.05) is 6.61 Å². The molecule has 1 aromatic rings. The van der Waals surface area contributed by atoms with E-state index in [-0.39, 0.29) is 18.2 Å². The molecule has 88 valence electrons. The van der Waals surface area contributed by atoms with Gasteiger partial charge in [-0.25, -0.2) is 9.48 Å². The van der Waals surface area contributed by atoms with E-state index in [0.29, 0.717) is 0 Å². The lowest BCUT2D eigenvalue weighted by atomic mass is 10.3. The minimum Gasteiger partial charge on any atom is -0.480 e. The van der Waals surface area contributed by atoms with Crippen LogP contribution in [0.15, 0.2) is 6.20 Å². The molecule has 0 saturated heterocycles. The molecule has 0 aliphatic rings. The molecule has 0 aliphatic heterocycles. The summed E-state index contributed by atoms with van der Waals surface area (Å²) in [4.78, 5) is 20.6. The Bertz CT molecular complexity index is 414. The average molecular weight is 229 g/mol. The maximum absolute atomic E-state index is 10.7.